The molecule has 0 atom stereocenters. The lowest BCUT2D eigenvalue weighted by Gasteiger charge is -2.34. The van der Waals surface area contributed by atoms with Crippen molar-refractivity contribution in [2.24, 2.45) is 5.14 Å². The van der Waals surface area contributed by atoms with Crippen LogP contribution in [0.15, 0.2) is 0 Å². The number of aromatic nitrogens is 2. The SMILES string of the molecule is NS(=O)(=O)CCN1CCN(c2nc(C3CC3)ns2)CC1. The molecule has 1 aliphatic heterocycles. The van der Waals surface area contributed by atoms with Gasteiger partial charge in [-0.1, -0.05) is 0 Å². The summed E-state index contributed by atoms with van der Waals surface area (Å²) in [4.78, 5) is 8.97. The van der Waals surface area contributed by atoms with Crippen molar-refractivity contribution in [1.29, 1.82) is 0 Å². The van der Waals surface area contributed by atoms with Crippen LogP contribution in [0.5, 0.6) is 0 Å². The zero-order valence-corrected chi connectivity index (χ0v) is 12.9. The second kappa shape index (κ2) is 5.55. The van der Waals surface area contributed by atoms with Crippen LogP contribution in [0.2, 0.25) is 0 Å². The van der Waals surface area contributed by atoms with Crippen molar-refractivity contribution in [3.05, 3.63) is 5.82 Å². The van der Waals surface area contributed by atoms with Crippen LogP contribution in [0.25, 0.3) is 0 Å². The molecule has 2 fully saturated rings. The van der Waals surface area contributed by atoms with E-state index in [-0.39, 0.29) is 5.75 Å². The Bertz CT molecular complexity index is 561. The third kappa shape index (κ3) is 3.66. The lowest BCUT2D eigenvalue weighted by atomic mass is 10.3. The third-order valence-electron chi connectivity index (χ3n) is 3.71. The van der Waals surface area contributed by atoms with Gasteiger partial charge in [-0.05, 0) is 12.8 Å². The minimum atomic E-state index is -3.36. The number of nitrogens with two attached hydrogens (primary N) is 1. The van der Waals surface area contributed by atoms with Gasteiger partial charge in [-0.15, -0.1) is 0 Å². The lowest BCUT2D eigenvalue weighted by Crippen LogP contribution is -2.48. The van der Waals surface area contributed by atoms with E-state index in [0.717, 1.165) is 37.1 Å². The van der Waals surface area contributed by atoms with Gasteiger partial charge in [-0.2, -0.15) is 4.37 Å². The first-order chi connectivity index (χ1) is 9.51. The van der Waals surface area contributed by atoms with E-state index in [1.54, 1.807) is 0 Å². The van der Waals surface area contributed by atoms with E-state index in [0.29, 0.717) is 12.5 Å². The number of sulfonamides is 1. The van der Waals surface area contributed by atoms with Crippen LogP contribution in [0.1, 0.15) is 24.6 Å². The van der Waals surface area contributed by atoms with Gasteiger partial charge >= 0.3 is 0 Å². The molecule has 0 spiro atoms. The van der Waals surface area contributed by atoms with Gasteiger partial charge in [-0.25, -0.2) is 18.5 Å². The fraction of sp³-hybridized carbons (Fsp3) is 0.818. The van der Waals surface area contributed by atoms with E-state index in [9.17, 15) is 8.42 Å². The standard InChI is InChI=1S/C11H19N5O2S2/c12-20(17,18)8-7-15-3-5-16(6-4-15)11-13-10(14-19-11)9-1-2-9/h9H,1-8H2,(H2,12,17,18). The molecule has 2 heterocycles. The van der Waals surface area contributed by atoms with E-state index < -0.39 is 10.0 Å². The molecule has 7 nitrogen and oxygen atoms in total. The van der Waals surface area contributed by atoms with E-state index in [2.05, 4.69) is 19.2 Å². The Kier molecular flexibility index (Phi) is 3.93. The number of piperazine rings is 1. The number of hydrogen-bond acceptors (Lipinski definition) is 7. The minimum absolute atomic E-state index is 0.0254. The van der Waals surface area contributed by atoms with Gasteiger partial charge in [0.25, 0.3) is 0 Å². The Labute approximate surface area is 123 Å². The first kappa shape index (κ1) is 14.2. The molecule has 0 aromatic carbocycles. The summed E-state index contributed by atoms with van der Waals surface area (Å²) in [6.07, 6.45) is 2.44. The quantitative estimate of drug-likeness (QED) is 0.810. The highest BCUT2D eigenvalue weighted by Crippen LogP contribution is 2.39. The van der Waals surface area contributed by atoms with Crippen LogP contribution >= 0.6 is 11.5 Å². The van der Waals surface area contributed by atoms with E-state index >= 15 is 0 Å². The molecule has 1 saturated carbocycles. The number of nitrogens with zero attached hydrogens (tertiary/aromatic N) is 4. The Morgan fingerprint density at radius 3 is 2.55 bits per heavy atom. The fourth-order valence-corrected chi connectivity index (χ4v) is 3.59. The van der Waals surface area contributed by atoms with Gasteiger partial charge in [-0.3, -0.25) is 4.90 Å². The molecule has 1 saturated heterocycles. The Hall–Kier alpha value is -0.770. The maximum Gasteiger partial charge on any atom is 0.210 e. The van der Waals surface area contributed by atoms with Gasteiger partial charge < -0.3 is 4.90 Å². The van der Waals surface area contributed by atoms with Crippen molar-refractivity contribution in [2.45, 2.75) is 18.8 Å². The van der Waals surface area contributed by atoms with Crippen LogP contribution in [0.4, 0.5) is 5.13 Å². The molecule has 3 rings (SSSR count). The van der Waals surface area contributed by atoms with Crippen LogP contribution < -0.4 is 10.0 Å². The zero-order valence-electron chi connectivity index (χ0n) is 11.2. The molecule has 0 unspecified atom stereocenters. The molecule has 1 aromatic rings. The maximum atomic E-state index is 11.0. The van der Waals surface area contributed by atoms with Gasteiger partial charge in [0.1, 0.15) is 5.82 Å². The molecular formula is C11H19N5O2S2. The van der Waals surface area contributed by atoms with Crippen molar-refractivity contribution in [3.8, 4) is 0 Å². The van der Waals surface area contributed by atoms with Crippen LogP contribution in [-0.4, -0.2) is 61.2 Å². The highest BCUT2D eigenvalue weighted by Gasteiger charge is 2.29. The monoisotopic (exact) mass is 317 g/mol. The molecule has 1 aliphatic carbocycles. The Balaban J connectivity index is 1.50. The highest BCUT2D eigenvalue weighted by molar-refractivity contribution is 7.89. The normalized spacial score (nSPS) is 21.4. The molecule has 0 radical (unpaired) electrons. The summed E-state index contributed by atoms with van der Waals surface area (Å²) >= 11 is 1.47. The number of hydrogen-bond donors (Lipinski definition) is 1. The average Bonchev–Trinajstić information content (AvgIpc) is 3.14. The number of anilines is 1. The van der Waals surface area contributed by atoms with E-state index in [4.69, 9.17) is 5.14 Å². The van der Waals surface area contributed by atoms with Gasteiger partial charge in [0.15, 0.2) is 0 Å². The summed E-state index contributed by atoms with van der Waals surface area (Å²) in [6, 6.07) is 0. The first-order valence-electron chi connectivity index (χ1n) is 6.83. The summed E-state index contributed by atoms with van der Waals surface area (Å²) in [5.41, 5.74) is 0. The van der Waals surface area contributed by atoms with E-state index in [1.807, 2.05) is 0 Å². The largest absolute Gasteiger partial charge is 0.344 e. The van der Waals surface area contributed by atoms with Gasteiger partial charge in [0.05, 0.1) is 5.75 Å². The molecule has 20 heavy (non-hydrogen) atoms. The predicted octanol–water partition coefficient (Wildman–Crippen LogP) is -0.174. The van der Waals surface area contributed by atoms with Crippen molar-refractivity contribution in [3.63, 3.8) is 0 Å². The number of primary sulfonamides is 1. The summed E-state index contributed by atoms with van der Waals surface area (Å²) < 4.78 is 26.3. The second-order valence-electron chi connectivity index (χ2n) is 5.41. The first-order valence-corrected chi connectivity index (χ1v) is 9.31. The van der Waals surface area contributed by atoms with Crippen LogP contribution in [0.3, 0.4) is 0 Å². The van der Waals surface area contributed by atoms with Crippen molar-refractivity contribution >= 4 is 26.7 Å². The van der Waals surface area contributed by atoms with Crippen LogP contribution in [-0.2, 0) is 10.0 Å². The summed E-state index contributed by atoms with van der Waals surface area (Å²) in [6.45, 7) is 3.92. The average molecular weight is 317 g/mol. The van der Waals surface area contributed by atoms with Crippen molar-refractivity contribution in [2.75, 3.05) is 43.4 Å². The molecule has 1 aromatic heterocycles. The summed E-state index contributed by atoms with van der Waals surface area (Å²) in [7, 11) is -3.36. The topological polar surface area (TPSA) is 92.4 Å². The summed E-state index contributed by atoms with van der Waals surface area (Å²) in [5, 5.41) is 6.02. The van der Waals surface area contributed by atoms with Crippen molar-refractivity contribution < 1.29 is 8.42 Å². The molecular weight excluding hydrogens is 298 g/mol. The minimum Gasteiger partial charge on any atom is -0.344 e. The molecule has 112 valence electrons. The predicted molar refractivity (Wildman–Crippen MR) is 78.5 cm³/mol. The maximum absolute atomic E-state index is 11.0. The Morgan fingerprint density at radius 1 is 1.25 bits per heavy atom. The smallest absolute Gasteiger partial charge is 0.210 e. The molecule has 9 heteroatoms. The van der Waals surface area contributed by atoms with Gasteiger partial charge in [0.2, 0.25) is 15.2 Å². The molecule has 2 N–H and O–H groups in total. The summed E-state index contributed by atoms with van der Waals surface area (Å²) in [5.74, 6) is 1.62. The van der Waals surface area contributed by atoms with Crippen molar-refractivity contribution in [1.82, 2.24) is 14.3 Å². The Morgan fingerprint density at radius 2 is 1.95 bits per heavy atom. The second-order valence-corrected chi connectivity index (χ2v) is 7.87. The molecule has 0 bridgehead atoms. The van der Waals surface area contributed by atoms with Crippen LogP contribution in [0, 0.1) is 0 Å². The van der Waals surface area contributed by atoms with Gasteiger partial charge in [0, 0.05) is 50.2 Å². The number of rotatable bonds is 5. The highest BCUT2D eigenvalue weighted by atomic mass is 32.2. The molecule has 2 aliphatic rings. The molecule has 0 amide bonds. The lowest BCUT2D eigenvalue weighted by molar-refractivity contribution is 0.272. The zero-order chi connectivity index (χ0) is 14.2. The fourth-order valence-electron chi connectivity index (χ4n) is 2.28. The van der Waals surface area contributed by atoms with E-state index in [1.165, 1.54) is 24.4 Å². The third-order valence-corrected chi connectivity index (χ3v) is 5.25.